The van der Waals surface area contributed by atoms with E-state index in [2.05, 4.69) is 33.0 Å². The third-order valence-corrected chi connectivity index (χ3v) is 5.97. The molecule has 0 amide bonds. The Labute approximate surface area is 126 Å². The summed E-state index contributed by atoms with van der Waals surface area (Å²) in [7, 11) is 0. The van der Waals surface area contributed by atoms with Crippen molar-refractivity contribution in [2.45, 2.75) is 90.8 Å². The molecular formula is C18H35NO. The van der Waals surface area contributed by atoms with Gasteiger partial charge in [-0.1, -0.05) is 47.0 Å². The van der Waals surface area contributed by atoms with Crippen LogP contribution in [0.2, 0.25) is 0 Å². The van der Waals surface area contributed by atoms with Crippen LogP contribution in [0.1, 0.15) is 79.1 Å². The lowest BCUT2D eigenvalue weighted by Crippen LogP contribution is -2.40. The summed E-state index contributed by atoms with van der Waals surface area (Å²) in [6.07, 6.45) is 11.1. The zero-order valence-electron chi connectivity index (χ0n) is 14.1. The summed E-state index contributed by atoms with van der Waals surface area (Å²) >= 11 is 0. The van der Waals surface area contributed by atoms with Gasteiger partial charge in [-0.05, 0) is 50.0 Å². The molecule has 2 aliphatic rings. The molecule has 1 spiro atoms. The first kappa shape index (κ1) is 16.3. The van der Waals surface area contributed by atoms with Crippen molar-refractivity contribution >= 4 is 0 Å². The van der Waals surface area contributed by atoms with Crippen LogP contribution in [0.5, 0.6) is 0 Å². The normalized spacial score (nSPS) is 28.9. The quantitative estimate of drug-likeness (QED) is 0.772. The second-order valence-electron chi connectivity index (χ2n) is 7.82. The van der Waals surface area contributed by atoms with Gasteiger partial charge in [0.05, 0.1) is 11.7 Å². The van der Waals surface area contributed by atoms with Crippen LogP contribution in [-0.2, 0) is 4.74 Å². The first-order valence-corrected chi connectivity index (χ1v) is 8.88. The lowest BCUT2D eigenvalue weighted by atomic mass is 9.74. The number of nitrogens with one attached hydrogen (secondary N) is 1. The second kappa shape index (κ2) is 6.79. The van der Waals surface area contributed by atoms with Gasteiger partial charge in [0.15, 0.2) is 0 Å². The molecule has 2 atom stereocenters. The summed E-state index contributed by atoms with van der Waals surface area (Å²) in [4.78, 5) is 0. The van der Waals surface area contributed by atoms with E-state index in [0.717, 1.165) is 13.1 Å². The average molecular weight is 281 g/mol. The zero-order chi connectivity index (χ0) is 14.6. The van der Waals surface area contributed by atoms with Crippen molar-refractivity contribution < 1.29 is 4.74 Å². The van der Waals surface area contributed by atoms with E-state index < -0.39 is 0 Å². The molecule has 2 unspecified atom stereocenters. The summed E-state index contributed by atoms with van der Waals surface area (Å²) in [6.45, 7) is 11.6. The van der Waals surface area contributed by atoms with E-state index in [1.165, 1.54) is 51.4 Å². The molecule has 1 heterocycles. The van der Waals surface area contributed by atoms with Crippen LogP contribution in [0, 0.1) is 11.3 Å². The smallest absolute Gasteiger partial charge is 0.0687 e. The fourth-order valence-corrected chi connectivity index (χ4v) is 4.05. The second-order valence-corrected chi connectivity index (χ2v) is 7.82. The molecule has 2 heteroatoms. The highest BCUT2D eigenvalue weighted by molar-refractivity contribution is 4.94. The number of hydrogen-bond donors (Lipinski definition) is 1. The minimum Gasteiger partial charge on any atom is -0.372 e. The Balaban J connectivity index is 1.91. The standard InChI is InChI=1S/C18H35NO/c1-5-19-14-17(4,15(2)3)13-16-9-12-18(20-16)10-7-6-8-11-18/h15-16,19H,5-14H2,1-4H3. The highest BCUT2D eigenvalue weighted by Crippen LogP contribution is 2.45. The fraction of sp³-hybridized carbons (Fsp3) is 1.00. The minimum atomic E-state index is 0.277. The molecule has 0 aromatic rings. The van der Waals surface area contributed by atoms with Gasteiger partial charge in [-0.25, -0.2) is 0 Å². The van der Waals surface area contributed by atoms with Crippen LogP contribution in [0.3, 0.4) is 0 Å². The highest BCUT2D eigenvalue weighted by Gasteiger charge is 2.43. The van der Waals surface area contributed by atoms with Gasteiger partial charge in [-0.15, -0.1) is 0 Å². The van der Waals surface area contributed by atoms with E-state index in [1.54, 1.807) is 0 Å². The molecule has 2 fully saturated rings. The Morgan fingerprint density at radius 2 is 1.90 bits per heavy atom. The molecule has 1 N–H and O–H groups in total. The molecule has 1 saturated carbocycles. The Kier molecular flexibility index (Phi) is 5.53. The monoisotopic (exact) mass is 281 g/mol. The highest BCUT2D eigenvalue weighted by atomic mass is 16.5. The molecule has 0 aromatic heterocycles. The predicted octanol–water partition coefficient (Wildman–Crippen LogP) is 4.53. The molecule has 0 radical (unpaired) electrons. The first-order valence-electron chi connectivity index (χ1n) is 8.88. The summed E-state index contributed by atoms with van der Waals surface area (Å²) in [5, 5.41) is 3.56. The molecule has 0 aromatic carbocycles. The van der Waals surface area contributed by atoms with Crippen LogP contribution < -0.4 is 5.32 Å². The van der Waals surface area contributed by atoms with E-state index >= 15 is 0 Å². The van der Waals surface area contributed by atoms with Gasteiger partial charge in [0.1, 0.15) is 0 Å². The maximum Gasteiger partial charge on any atom is 0.0687 e. The van der Waals surface area contributed by atoms with Gasteiger partial charge in [0, 0.05) is 6.54 Å². The molecular weight excluding hydrogens is 246 g/mol. The van der Waals surface area contributed by atoms with Crippen molar-refractivity contribution in [1.82, 2.24) is 5.32 Å². The predicted molar refractivity (Wildman–Crippen MR) is 86.0 cm³/mol. The van der Waals surface area contributed by atoms with Crippen molar-refractivity contribution in [3.8, 4) is 0 Å². The van der Waals surface area contributed by atoms with Crippen LogP contribution in [0.4, 0.5) is 0 Å². The summed E-state index contributed by atoms with van der Waals surface area (Å²) in [6, 6.07) is 0. The third kappa shape index (κ3) is 3.76. The Hall–Kier alpha value is -0.0800. The van der Waals surface area contributed by atoms with Gasteiger partial charge in [-0.2, -0.15) is 0 Å². The molecule has 2 rings (SSSR count). The van der Waals surface area contributed by atoms with Gasteiger partial charge in [-0.3, -0.25) is 0 Å². The van der Waals surface area contributed by atoms with Crippen LogP contribution >= 0.6 is 0 Å². The average Bonchev–Trinajstić information content (AvgIpc) is 2.79. The summed E-state index contributed by atoms with van der Waals surface area (Å²) in [5.41, 5.74) is 0.639. The largest absolute Gasteiger partial charge is 0.372 e. The third-order valence-electron chi connectivity index (χ3n) is 5.97. The van der Waals surface area contributed by atoms with Crippen LogP contribution in [-0.4, -0.2) is 24.8 Å². The van der Waals surface area contributed by atoms with Crippen LogP contribution in [0.25, 0.3) is 0 Å². The van der Waals surface area contributed by atoms with Gasteiger partial charge < -0.3 is 10.1 Å². The number of rotatable bonds is 6. The maximum absolute atomic E-state index is 6.59. The molecule has 1 aliphatic carbocycles. The lowest BCUT2D eigenvalue weighted by Gasteiger charge is -2.38. The van der Waals surface area contributed by atoms with Crippen LogP contribution in [0.15, 0.2) is 0 Å². The molecule has 2 nitrogen and oxygen atoms in total. The molecule has 1 saturated heterocycles. The lowest BCUT2D eigenvalue weighted by molar-refractivity contribution is -0.0792. The Bertz CT molecular complexity index is 296. The molecule has 1 aliphatic heterocycles. The Morgan fingerprint density at radius 3 is 2.50 bits per heavy atom. The summed E-state index contributed by atoms with van der Waals surface area (Å²) in [5.74, 6) is 0.702. The minimum absolute atomic E-state index is 0.277. The maximum atomic E-state index is 6.59. The summed E-state index contributed by atoms with van der Waals surface area (Å²) < 4.78 is 6.59. The van der Waals surface area contributed by atoms with E-state index in [1.807, 2.05) is 0 Å². The van der Waals surface area contributed by atoms with Crippen molar-refractivity contribution in [2.75, 3.05) is 13.1 Å². The van der Waals surface area contributed by atoms with E-state index in [-0.39, 0.29) is 5.60 Å². The molecule has 0 bridgehead atoms. The van der Waals surface area contributed by atoms with Gasteiger partial charge >= 0.3 is 0 Å². The van der Waals surface area contributed by atoms with Crippen molar-refractivity contribution in [1.29, 1.82) is 0 Å². The van der Waals surface area contributed by atoms with Gasteiger partial charge in [0.25, 0.3) is 0 Å². The molecule has 20 heavy (non-hydrogen) atoms. The fourth-order valence-electron chi connectivity index (χ4n) is 4.05. The van der Waals surface area contributed by atoms with Crippen molar-refractivity contribution in [2.24, 2.45) is 11.3 Å². The number of ether oxygens (including phenoxy) is 1. The van der Waals surface area contributed by atoms with Gasteiger partial charge in [0.2, 0.25) is 0 Å². The first-order chi connectivity index (χ1) is 9.50. The van der Waals surface area contributed by atoms with E-state index in [0.29, 0.717) is 17.4 Å². The Morgan fingerprint density at radius 1 is 1.20 bits per heavy atom. The zero-order valence-corrected chi connectivity index (χ0v) is 14.1. The van der Waals surface area contributed by atoms with Crippen molar-refractivity contribution in [3.63, 3.8) is 0 Å². The SMILES string of the molecule is CCNCC(C)(CC1CCC2(CCCCC2)O1)C(C)C. The topological polar surface area (TPSA) is 21.3 Å². The van der Waals surface area contributed by atoms with Crippen molar-refractivity contribution in [3.05, 3.63) is 0 Å². The molecule has 118 valence electrons. The van der Waals surface area contributed by atoms with E-state index in [9.17, 15) is 0 Å². The number of hydrogen-bond acceptors (Lipinski definition) is 2. The van der Waals surface area contributed by atoms with E-state index in [4.69, 9.17) is 4.74 Å².